The highest BCUT2D eigenvalue weighted by atomic mass is 16.2. The van der Waals surface area contributed by atoms with Crippen molar-refractivity contribution in [1.82, 2.24) is 9.97 Å². The molecule has 0 bridgehead atoms. The number of benzene rings is 1. The lowest BCUT2D eigenvalue weighted by Crippen LogP contribution is -2.33. The third kappa shape index (κ3) is 4.22. The average molecular weight is 325 g/mol. The van der Waals surface area contributed by atoms with Gasteiger partial charge in [-0.3, -0.25) is 5.32 Å². The maximum absolute atomic E-state index is 12.1. The number of aryl methyl sites for hydroxylation is 1. The molecule has 6 nitrogen and oxygen atoms in total. The first-order chi connectivity index (χ1) is 11.6. The third-order valence-electron chi connectivity index (χ3n) is 4.31. The monoisotopic (exact) mass is 325 g/mol. The molecule has 1 aromatic carbocycles. The van der Waals surface area contributed by atoms with Crippen molar-refractivity contribution in [2.75, 3.05) is 28.6 Å². The van der Waals surface area contributed by atoms with E-state index in [0.717, 1.165) is 36.1 Å². The molecule has 0 atom stereocenters. The topological polar surface area (TPSA) is 70.2 Å². The minimum atomic E-state index is -0.309. The van der Waals surface area contributed by atoms with Crippen molar-refractivity contribution in [3.63, 3.8) is 0 Å². The number of nitrogens with one attached hydrogen (secondary N) is 2. The van der Waals surface area contributed by atoms with Gasteiger partial charge in [-0.2, -0.15) is 0 Å². The minimum absolute atomic E-state index is 0.309. The first-order valence-electron chi connectivity index (χ1n) is 8.32. The molecular weight excluding hydrogens is 302 g/mol. The molecule has 1 saturated heterocycles. The van der Waals surface area contributed by atoms with Gasteiger partial charge < -0.3 is 10.2 Å². The van der Waals surface area contributed by atoms with Crippen molar-refractivity contribution in [3.05, 3.63) is 42.2 Å². The quantitative estimate of drug-likeness (QED) is 0.903. The van der Waals surface area contributed by atoms with E-state index in [9.17, 15) is 4.79 Å². The van der Waals surface area contributed by atoms with Gasteiger partial charge in [0.1, 0.15) is 18.0 Å². The Morgan fingerprint density at radius 2 is 1.83 bits per heavy atom. The molecule has 6 heteroatoms. The summed E-state index contributed by atoms with van der Waals surface area (Å²) in [6.07, 6.45) is 3.83. The van der Waals surface area contributed by atoms with Crippen LogP contribution < -0.4 is 15.5 Å². The second kappa shape index (κ2) is 7.29. The number of carbonyl (C=O) groups excluding carboxylic acids is 1. The van der Waals surface area contributed by atoms with E-state index in [4.69, 9.17) is 0 Å². The second-order valence-corrected chi connectivity index (χ2v) is 6.38. The van der Waals surface area contributed by atoms with Crippen molar-refractivity contribution >= 4 is 23.4 Å². The smallest absolute Gasteiger partial charge is 0.324 e. The predicted molar refractivity (Wildman–Crippen MR) is 96.5 cm³/mol. The first-order valence-corrected chi connectivity index (χ1v) is 8.32. The van der Waals surface area contributed by atoms with Crippen LogP contribution in [-0.2, 0) is 0 Å². The molecule has 3 rings (SSSR count). The summed E-state index contributed by atoms with van der Waals surface area (Å²) in [5, 5.41) is 5.56. The molecule has 126 valence electrons. The summed E-state index contributed by atoms with van der Waals surface area (Å²) in [5.74, 6) is 2.13. The minimum Gasteiger partial charge on any atom is -0.356 e. The fraction of sp³-hybridized carbons (Fsp3) is 0.389. The van der Waals surface area contributed by atoms with E-state index in [2.05, 4.69) is 32.4 Å². The van der Waals surface area contributed by atoms with Crippen molar-refractivity contribution in [1.29, 1.82) is 0 Å². The number of piperidine rings is 1. The molecule has 0 spiro atoms. The average Bonchev–Trinajstić information content (AvgIpc) is 2.58. The Morgan fingerprint density at radius 3 is 2.54 bits per heavy atom. The van der Waals surface area contributed by atoms with E-state index in [0.29, 0.717) is 5.82 Å². The summed E-state index contributed by atoms with van der Waals surface area (Å²) in [4.78, 5) is 22.8. The van der Waals surface area contributed by atoms with Crippen LogP contribution in [0.3, 0.4) is 0 Å². The Labute approximate surface area is 142 Å². The van der Waals surface area contributed by atoms with Gasteiger partial charge in [0.2, 0.25) is 0 Å². The summed E-state index contributed by atoms with van der Waals surface area (Å²) in [7, 11) is 0. The van der Waals surface area contributed by atoms with Gasteiger partial charge in [0.15, 0.2) is 0 Å². The van der Waals surface area contributed by atoms with Crippen LogP contribution in [0.4, 0.5) is 22.1 Å². The van der Waals surface area contributed by atoms with Gasteiger partial charge in [0, 0.05) is 24.8 Å². The molecule has 0 aliphatic carbocycles. The number of hydrogen-bond acceptors (Lipinski definition) is 4. The number of hydrogen-bond donors (Lipinski definition) is 2. The van der Waals surface area contributed by atoms with Crippen LogP contribution in [0.25, 0.3) is 0 Å². The van der Waals surface area contributed by atoms with Gasteiger partial charge >= 0.3 is 6.03 Å². The number of carbonyl (C=O) groups is 1. The molecule has 1 aliphatic heterocycles. The molecule has 2 heterocycles. The lowest BCUT2D eigenvalue weighted by molar-refractivity contribution is 0.262. The summed E-state index contributed by atoms with van der Waals surface area (Å²) in [6, 6.07) is 9.16. The molecule has 2 aromatic rings. The standard InChI is InChI=1S/C18H23N5O/c1-13-3-5-15(6-4-13)21-18(24)22-16-11-17(20-12-19-16)23-9-7-14(2)8-10-23/h3-6,11-12,14H,7-10H2,1-2H3,(H2,19,20,21,22,24). The third-order valence-corrected chi connectivity index (χ3v) is 4.31. The van der Waals surface area contributed by atoms with Crippen molar-refractivity contribution in [3.8, 4) is 0 Å². The van der Waals surface area contributed by atoms with Crippen molar-refractivity contribution < 1.29 is 4.79 Å². The Balaban J connectivity index is 1.61. The van der Waals surface area contributed by atoms with Gasteiger partial charge in [0.25, 0.3) is 0 Å². The van der Waals surface area contributed by atoms with Crippen LogP contribution in [-0.4, -0.2) is 29.1 Å². The molecule has 2 N–H and O–H groups in total. The maximum atomic E-state index is 12.1. The van der Waals surface area contributed by atoms with Crippen LogP contribution in [0.15, 0.2) is 36.7 Å². The number of rotatable bonds is 3. The van der Waals surface area contributed by atoms with E-state index >= 15 is 0 Å². The van der Waals surface area contributed by atoms with Gasteiger partial charge in [0.05, 0.1) is 0 Å². The van der Waals surface area contributed by atoms with Gasteiger partial charge in [-0.15, -0.1) is 0 Å². The van der Waals surface area contributed by atoms with Crippen LogP contribution in [0.5, 0.6) is 0 Å². The Kier molecular flexibility index (Phi) is 4.93. The van der Waals surface area contributed by atoms with Crippen molar-refractivity contribution in [2.45, 2.75) is 26.7 Å². The first kappa shape index (κ1) is 16.2. The highest BCUT2D eigenvalue weighted by Gasteiger charge is 2.17. The molecule has 0 saturated carbocycles. The molecule has 1 fully saturated rings. The van der Waals surface area contributed by atoms with E-state index in [1.807, 2.05) is 37.3 Å². The molecule has 1 aliphatic rings. The number of urea groups is 1. The number of aromatic nitrogens is 2. The highest BCUT2D eigenvalue weighted by Crippen LogP contribution is 2.22. The summed E-state index contributed by atoms with van der Waals surface area (Å²) in [5.41, 5.74) is 1.90. The molecule has 24 heavy (non-hydrogen) atoms. The van der Waals surface area contributed by atoms with Gasteiger partial charge in [-0.05, 0) is 37.8 Å². The normalized spacial score (nSPS) is 15.2. The van der Waals surface area contributed by atoms with Gasteiger partial charge in [-0.1, -0.05) is 24.6 Å². The van der Waals surface area contributed by atoms with Crippen LogP contribution >= 0.6 is 0 Å². The SMILES string of the molecule is Cc1ccc(NC(=O)Nc2cc(N3CCC(C)CC3)ncn2)cc1. The Morgan fingerprint density at radius 1 is 1.12 bits per heavy atom. The largest absolute Gasteiger partial charge is 0.356 e. The fourth-order valence-electron chi connectivity index (χ4n) is 2.74. The molecule has 2 amide bonds. The zero-order valence-corrected chi connectivity index (χ0v) is 14.1. The molecule has 1 aromatic heterocycles. The number of nitrogens with zero attached hydrogens (tertiary/aromatic N) is 3. The van der Waals surface area contributed by atoms with E-state index in [1.165, 1.54) is 19.2 Å². The predicted octanol–water partition coefficient (Wildman–Crippen LogP) is 3.67. The zero-order chi connectivity index (χ0) is 16.9. The summed E-state index contributed by atoms with van der Waals surface area (Å²) < 4.78 is 0. The molecule has 0 unspecified atom stereocenters. The molecular formula is C18H23N5O. The summed E-state index contributed by atoms with van der Waals surface area (Å²) in [6.45, 7) is 6.27. The lowest BCUT2D eigenvalue weighted by Gasteiger charge is -2.31. The van der Waals surface area contributed by atoms with E-state index in [1.54, 1.807) is 0 Å². The van der Waals surface area contributed by atoms with E-state index < -0.39 is 0 Å². The molecule has 0 radical (unpaired) electrons. The number of amides is 2. The van der Waals surface area contributed by atoms with Crippen LogP contribution in [0.1, 0.15) is 25.3 Å². The zero-order valence-electron chi connectivity index (χ0n) is 14.1. The summed E-state index contributed by atoms with van der Waals surface area (Å²) >= 11 is 0. The Hall–Kier alpha value is -2.63. The number of anilines is 3. The van der Waals surface area contributed by atoms with Crippen LogP contribution in [0.2, 0.25) is 0 Å². The van der Waals surface area contributed by atoms with Crippen molar-refractivity contribution in [2.24, 2.45) is 5.92 Å². The fourth-order valence-corrected chi connectivity index (χ4v) is 2.74. The second-order valence-electron chi connectivity index (χ2n) is 6.38. The Bertz CT molecular complexity index is 693. The van der Waals surface area contributed by atoms with Crippen LogP contribution in [0, 0.1) is 12.8 Å². The highest BCUT2D eigenvalue weighted by molar-refractivity contribution is 5.99. The van der Waals surface area contributed by atoms with E-state index in [-0.39, 0.29) is 6.03 Å². The maximum Gasteiger partial charge on any atom is 0.324 e. The van der Waals surface area contributed by atoms with Gasteiger partial charge in [-0.25, -0.2) is 14.8 Å². The lowest BCUT2D eigenvalue weighted by atomic mass is 9.99.